The Balaban J connectivity index is 1.85. The number of amides is 1. The lowest BCUT2D eigenvalue weighted by Crippen LogP contribution is -2.49. The summed E-state index contributed by atoms with van der Waals surface area (Å²) < 4.78 is 27.0. The van der Waals surface area contributed by atoms with E-state index in [1.54, 1.807) is 4.90 Å². The number of nitrogens with zero attached hydrogens (tertiary/aromatic N) is 2. The first-order chi connectivity index (χ1) is 10.6. The number of fused-ring (bicyclic) bond motifs is 1. The third-order valence-electron chi connectivity index (χ3n) is 4.47. The van der Waals surface area contributed by atoms with E-state index in [1.165, 1.54) is 12.8 Å². The lowest BCUT2D eigenvalue weighted by atomic mass is 10.1. The van der Waals surface area contributed by atoms with Crippen LogP contribution in [0.15, 0.2) is 12.1 Å². The molecule has 0 bridgehead atoms. The molecule has 0 saturated carbocycles. The van der Waals surface area contributed by atoms with Crippen molar-refractivity contribution >= 4 is 17.3 Å². The molecular formula is C16H21F2N3O. The summed E-state index contributed by atoms with van der Waals surface area (Å²) in [6, 6.07) is 1.88. The Morgan fingerprint density at radius 2 is 1.86 bits per heavy atom. The number of carbonyl (C=O) groups is 1. The van der Waals surface area contributed by atoms with Gasteiger partial charge in [0.1, 0.15) is 6.04 Å². The second-order valence-electron chi connectivity index (χ2n) is 5.93. The van der Waals surface area contributed by atoms with E-state index in [9.17, 15) is 13.6 Å². The fraction of sp³-hybridized carbons (Fsp3) is 0.562. The van der Waals surface area contributed by atoms with Crippen molar-refractivity contribution in [1.29, 1.82) is 0 Å². The SMILES string of the molecule is CCC1Nc2cc(F)c(F)cc2N(CCN2CCCC2)C1=O. The predicted molar refractivity (Wildman–Crippen MR) is 82.1 cm³/mol. The molecule has 3 rings (SSSR count). The molecule has 1 aromatic rings. The highest BCUT2D eigenvalue weighted by atomic mass is 19.2. The Bertz CT molecular complexity index is 573. The van der Waals surface area contributed by atoms with Gasteiger partial charge in [0, 0.05) is 25.2 Å². The molecule has 22 heavy (non-hydrogen) atoms. The van der Waals surface area contributed by atoms with Gasteiger partial charge in [-0.3, -0.25) is 4.79 Å². The zero-order valence-corrected chi connectivity index (χ0v) is 12.7. The largest absolute Gasteiger partial charge is 0.372 e. The smallest absolute Gasteiger partial charge is 0.249 e. The van der Waals surface area contributed by atoms with Gasteiger partial charge >= 0.3 is 0 Å². The summed E-state index contributed by atoms with van der Waals surface area (Å²) in [4.78, 5) is 16.4. The lowest BCUT2D eigenvalue weighted by Gasteiger charge is -2.36. The molecule has 4 nitrogen and oxygen atoms in total. The van der Waals surface area contributed by atoms with E-state index in [-0.39, 0.29) is 11.9 Å². The number of likely N-dealkylation sites (tertiary alicyclic amines) is 1. The minimum Gasteiger partial charge on any atom is -0.372 e. The Morgan fingerprint density at radius 3 is 2.55 bits per heavy atom. The van der Waals surface area contributed by atoms with Crippen LogP contribution in [0.5, 0.6) is 0 Å². The zero-order chi connectivity index (χ0) is 15.7. The van der Waals surface area contributed by atoms with Crippen molar-refractivity contribution in [3.63, 3.8) is 0 Å². The molecule has 2 aliphatic rings. The molecule has 1 amide bonds. The van der Waals surface area contributed by atoms with Gasteiger partial charge in [0.15, 0.2) is 11.6 Å². The fourth-order valence-corrected chi connectivity index (χ4v) is 3.19. The van der Waals surface area contributed by atoms with Gasteiger partial charge in [-0.05, 0) is 32.4 Å². The molecule has 1 N–H and O–H groups in total. The quantitative estimate of drug-likeness (QED) is 0.928. The topological polar surface area (TPSA) is 35.6 Å². The number of halogens is 2. The molecule has 2 heterocycles. The average Bonchev–Trinajstić information content (AvgIpc) is 3.01. The summed E-state index contributed by atoms with van der Waals surface area (Å²) in [6.45, 7) is 5.26. The monoisotopic (exact) mass is 309 g/mol. The van der Waals surface area contributed by atoms with Crippen molar-refractivity contribution in [2.45, 2.75) is 32.2 Å². The van der Waals surface area contributed by atoms with Gasteiger partial charge in [0.25, 0.3) is 0 Å². The second kappa shape index (κ2) is 6.20. The van der Waals surface area contributed by atoms with Crippen molar-refractivity contribution in [1.82, 2.24) is 4.90 Å². The molecule has 1 saturated heterocycles. The third kappa shape index (κ3) is 2.79. The second-order valence-corrected chi connectivity index (χ2v) is 5.93. The van der Waals surface area contributed by atoms with E-state index in [1.807, 2.05) is 6.92 Å². The average molecular weight is 309 g/mol. The number of hydrogen-bond donors (Lipinski definition) is 1. The Hall–Kier alpha value is -1.69. The van der Waals surface area contributed by atoms with E-state index in [0.29, 0.717) is 24.3 Å². The summed E-state index contributed by atoms with van der Waals surface area (Å²) in [5, 5.41) is 3.01. The minimum absolute atomic E-state index is 0.0693. The molecule has 1 fully saturated rings. The van der Waals surface area contributed by atoms with E-state index in [2.05, 4.69) is 10.2 Å². The van der Waals surface area contributed by atoms with Gasteiger partial charge < -0.3 is 15.1 Å². The molecule has 0 radical (unpaired) electrons. The summed E-state index contributed by atoms with van der Waals surface area (Å²) in [7, 11) is 0. The molecule has 0 spiro atoms. The van der Waals surface area contributed by atoms with Gasteiger partial charge in [0.05, 0.1) is 11.4 Å². The summed E-state index contributed by atoms with van der Waals surface area (Å²) in [5.41, 5.74) is 0.930. The van der Waals surface area contributed by atoms with Crippen LogP contribution < -0.4 is 10.2 Å². The molecule has 0 aromatic heterocycles. The predicted octanol–water partition coefficient (Wildman–Crippen LogP) is 2.60. The number of nitrogens with one attached hydrogen (secondary N) is 1. The van der Waals surface area contributed by atoms with E-state index >= 15 is 0 Å². The molecule has 0 aliphatic carbocycles. The van der Waals surface area contributed by atoms with Crippen LogP contribution in [0.3, 0.4) is 0 Å². The molecule has 1 unspecified atom stereocenters. The molecular weight excluding hydrogens is 288 g/mol. The lowest BCUT2D eigenvalue weighted by molar-refractivity contribution is -0.119. The maximum absolute atomic E-state index is 13.6. The van der Waals surface area contributed by atoms with E-state index < -0.39 is 11.6 Å². The first-order valence-electron chi connectivity index (χ1n) is 7.89. The van der Waals surface area contributed by atoms with Crippen LogP contribution in [-0.2, 0) is 4.79 Å². The Morgan fingerprint density at radius 1 is 1.18 bits per heavy atom. The number of benzene rings is 1. The van der Waals surface area contributed by atoms with E-state index in [4.69, 9.17) is 0 Å². The molecule has 120 valence electrons. The number of anilines is 2. The molecule has 2 aliphatic heterocycles. The Kier molecular flexibility index (Phi) is 4.29. The van der Waals surface area contributed by atoms with Crippen molar-refractivity contribution < 1.29 is 13.6 Å². The maximum atomic E-state index is 13.6. The number of carbonyl (C=O) groups excluding carboxylic acids is 1. The van der Waals surface area contributed by atoms with E-state index in [0.717, 1.165) is 31.8 Å². The van der Waals surface area contributed by atoms with Crippen LogP contribution in [-0.4, -0.2) is 43.0 Å². The van der Waals surface area contributed by atoms with Gasteiger partial charge in [-0.25, -0.2) is 8.78 Å². The normalized spacial score (nSPS) is 21.9. The standard InChI is InChI=1S/C16H21F2N3O/c1-2-13-16(22)21(8-7-20-5-3-4-6-20)15-10-12(18)11(17)9-14(15)19-13/h9-10,13,19H,2-8H2,1H3. The van der Waals surface area contributed by atoms with Crippen molar-refractivity contribution in [2.75, 3.05) is 36.4 Å². The van der Waals surface area contributed by atoms with Gasteiger partial charge in [-0.2, -0.15) is 0 Å². The van der Waals surface area contributed by atoms with Crippen LogP contribution in [0.25, 0.3) is 0 Å². The van der Waals surface area contributed by atoms with Crippen LogP contribution in [0.4, 0.5) is 20.2 Å². The van der Waals surface area contributed by atoms with Crippen molar-refractivity contribution in [3.8, 4) is 0 Å². The minimum atomic E-state index is -0.922. The fourth-order valence-electron chi connectivity index (χ4n) is 3.19. The molecule has 6 heteroatoms. The molecule has 1 atom stereocenters. The van der Waals surface area contributed by atoms with Gasteiger partial charge in [-0.1, -0.05) is 6.92 Å². The van der Waals surface area contributed by atoms with Crippen LogP contribution in [0.1, 0.15) is 26.2 Å². The highest BCUT2D eigenvalue weighted by molar-refractivity contribution is 6.04. The van der Waals surface area contributed by atoms with Crippen LogP contribution >= 0.6 is 0 Å². The highest BCUT2D eigenvalue weighted by Gasteiger charge is 2.32. The number of hydrogen-bond acceptors (Lipinski definition) is 3. The summed E-state index contributed by atoms with van der Waals surface area (Å²) in [6.07, 6.45) is 2.98. The maximum Gasteiger partial charge on any atom is 0.249 e. The highest BCUT2D eigenvalue weighted by Crippen LogP contribution is 2.34. The summed E-state index contributed by atoms with van der Waals surface area (Å²) >= 11 is 0. The third-order valence-corrected chi connectivity index (χ3v) is 4.47. The molecule has 1 aromatic carbocycles. The summed E-state index contributed by atoms with van der Waals surface area (Å²) in [5.74, 6) is -1.88. The van der Waals surface area contributed by atoms with Crippen LogP contribution in [0, 0.1) is 11.6 Å². The number of rotatable bonds is 4. The first-order valence-corrected chi connectivity index (χ1v) is 7.89. The van der Waals surface area contributed by atoms with Crippen molar-refractivity contribution in [2.24, 2.45) is 0 Å². The first kappa shape index (κ1) is 15.2. The van der Waals surface area contributed by atoms with Gasteiger partial charge in [0.2, 0.25) is 5.91 Å². The van der Waals surface area contributed by atoms with Crippen molar-refractivity contribution in [3.05, 3.63) is 23.8 Å². The zero-order valence-electron chi connectivity index (χ0n) is 12.7. The van der Waals surface area contributed by atoms with Crippen LogP contribution in [0.2, 0.25) is 0 Å². The Labute approximate surface area is 129 Å². The van der Waals surface area contributed by atoms with Gasteiger partial charge in [-0.15, -0.1) is 0 Å².